The van der Waals surface area contributed by atoms with E-state index < -0.39 is 5.79 Å². The highest BCUT2D eigenvalue weighted by Gasteiger charge is 2.33. The SMILES string of the molecule is CC1(C)OC[C@H](COc2cc(Cl)nc(N)n2)O1. The van der Waals surface area contributed by atoms with E-state index in [1.54, 1.807) is 0 Å². The standard InChI is InChI=1S/C10H14ClN3O3/c1-10(2)16-5-6(17-10)4-15-8-3-7(11)13-9(12)14-8/h3,6H,4-5H2,1-2H3,(H2,12,13,14)/t6-/m0/s1. The zero-order chi connectivity index (χ0) is 12.5. The van der Waals surface area contributed by atoms with Crippen LogP contribution < -0.4 is 10.5 Å². The van der Waals surface area contributed by atoms with Crippen LogP contribution in [0.4, 0.5) is 5.95 Å². The van der Waals surface area contributed by atoms with E-state index in [9.17, 15) is 0 Å². The maximum atomic E-state index is 5.72. The van der Waals surface area contributed by atoms with Crippen LogP contribution in [0.1, 0.15) is 13.8 Å². The number of nitrogens with two attached hydrogens (primary N) is 1. The first-order valence-corrected chi connectivity index (χ1v) is 5.57. The van der Waals surface area contributed by atoms with Gasteiger partial charge in [-0.2, -0.15) is 4.98 Å². The van der Waals surface area contributed by atoms with Gasteiger partial charge in [0.25, 0.3) is 0 Å². The van der Waals surface area contributed by atoms with E-state index in [4.69, 9.17) is 31.5 Å². The van der Waals surface area contributed by atoms with Crippen molar-refractivity contribution in [1.29, 1.82) is 0 Å². The van der Waals surface area contributed by atoms with Crippen molar-refractivity contribution in [3.05, 3.63) is 11.2 Å². The summed E-state index contributed by atoms with van der Waals surface area (Å²) in [5.74, 6) is -0.150. The summed E-state index contributed by atoms with van der Waals surface area (Å²) in [6, 6.07) is 1.50. The van der Waals surface area contributed by atoms with Crippen LogP contribution in [0.3, 0.4) is 0 Å². The van der Waals surface area contributed by atoms with Crippen LogP contribution in [0, 0.1) is 0 Å². The van der Waals surface area contributed by atoms with Crippen LogP contribution in [-0.2, 0) is 9.47 Å². The average Bonchev–Trinajstić information content (AvgIpc) is 2.54. The van der Waals surface area contributed by atoms with Crippen molar-refractivity contribution >= 4 is 17.5 Å². The number of nitrogens with zero attached hydrogens (tertiary/aromatic N) is 2. The highest BCUT2D eigenvalue weighted by Crippen LogP contribution is 2.23. The number of aromatic nitrogens is 2. The molecule has 0 spiro atoms. The van der Waals surface area contributed by atoms with Gasteiger partial charge in [-0.15, -0.1) is 0 Å². The lowest BCUT2D eigenvalue weighted by molar-refractivity contribution is -0.141. The predicted octanol–water partition coefficient (Wildman–Crippen LogP) is 1.24. The number of halogens is 1. The van der Waals surface area contributed by atoms with Crippen molar-refractivity contribution in [3.8, 4) is 5.88 Å². The van der Waals surface area contributed by atoms with Crippen molar-refractivity contribution in [2.45, 2.75) is 25.7 Å². The fourth-order valence-corrected chi connectivity index (χ4v) is 1.69. The summed E-state index contributed by atoms with van der Waals surface area (Å²) in [5, 5.41) is 0.247. The largest absolute Gasteiger partial charge is 0.475 e. The lowest BCUT2D eigenvalue weighted by Crippen LogP contribution is -2.25. The highest BCUT2D eigenvalue weighted by molar-refractivity contribution is 6.29. The zero-order valence-electron chi connectivity index (χ0n) is 9.64. The minimum atomic E-state index is -0.559. The Kier molecular flexibility index (Phi) is 3.37. The molecular formula is C10H14ClN3O3. The number of hydrogen-bond donors (Lipinski definition) is 1. The topological polar surface area (TPSA) is 79.5 Å². The molecule has 1 atom stereocenters. The molecule has 0 aromatic carbocycles. The van der Waals surface area contributed by atoms with E-state index >= 15 is 0 Å². The highest BCUT2D eigenvalue weighted by atomic mass is 35.5. The first-order chi connectivity index (χ1) is 7.94. The van der Waals surface area contributed by atoms with Crippen LogP contribution >= 0.6 is 11.6 Å². The minimum Gasteiger partial charge on any atom is -0.475 e. The van der Waals surface area contributed by atoms with Crippen molar-refractivity contribution in [2.75, 3.05) is 18.9 Å². The van der Waals surface area contributed by atoms with Gasteiger partial charge in [-0.3, -0.25) is 0 Å². The third-order valence-corrected chi connectivity index (χ3v) is 2.37. The predicted molar refractivity (Wildman–Crippen MR) is 61.9 cm³/mol. The number of nitrogen functional groups attached to an aromatic ring is 1. The molecule has 17 heavy (non-hydrogen) atoms. The summed E-state index contributed by atoms with van der Waals surface area (Å²) in [7, 11) is 0. The van der Waals surface area contributed by atoms with Gasteiger partial charge in [0, 0.05) is 6.07 Å². The molecule has 2 rings (SSSR count). The first kappa shape index (κ1) is 12.3. The van der Waals surface area contributed by atoms with E-state index in [0.29, 0.717) is 19.1 Å². The molecule has 94 valence electrons. The van der Waals surface area contributed by atoms with E-state index in [1.165, 1.54) is 6.07 Å². The van der Waals surface area contributed by atoms with Crippen LogP contribution in [0.2, 0.25) is 5.15 Å². The Morgan fingerprint density at radius 3 is 2.94 bits per heavy atom. The molecule has 1 aromatic heterocycles. The third kappa shape index (κ3) is 3.42. The first-order valence-electron chi connectivity index (χ1n) is 5.19. The van der Waals surface area contributed by atoms with Crippen molar-refractivity contribution in [2.24, 2.45) is 0 Å². The molecule has 1 aromatic rings. The molecule has 0 aliphatic carbocycles. The molecule has 6 nitrogen and oxygen atoms in total. The zero-order valence-corrected chi connectivity index (χ0v) is 10.4. The molecule has 0 bridgehead atoms. The van der Waals surface area contributed by atoms with Gasteiger partial charge in [0.1, 0.15) is 17.9 Å². The third-order valence-electron chi connectivity index (χ3n) is 2.17. The van der Waals surface area contributed by atoms with Crippen molar-refractivity contribution < 1.29 is 14.2 Å². The van der Waals surface area contributed by atoms with Gasteiger partial charge in [-0.1, -0.05) is 11.6 Å². The summed E-state index contributed by atoms with van der Waals surface area (Å²) in [6.45, 7) is 4.52. The molecule has 2 N–H and O–H groups in total. The second-order valence-electron chi connectivity index (χ2n) is 4.15. The molecule has 1 aliphatic heterocycles. The van der Waals surface area contributed by atoms with Gasteiger partial charge >= 0.3 is 0 Å². The quantitative estimate of drug-likeness (QED) is 0.823. The summed E-state index contributed by atoms with van der Waals surface area (Å²) in [5.41, 5.74) is 5.44. The normalized spacial score (nSPS) is 22.6. The smallest absolute Gasteiger partial charge is 0.224 e. The second-order valence-corrected chi connectivity index (χ2v) is 4.54. The van der Waals surface area contributed by atoms with Crippen LogP contribution in [-0.4, -0.2) is 35.1 Å². The van der Waals surface area contributed by atoms with Gasteiger partial charge in [-0.05, 0) is 13.8 Å². The Balaban J connectivity index is 1.90. The minimum absolute atomic E-state index is 0.0800. The molecule has 0 unspecified atom stereocenters. The molecule has 1 fully saturated rings. The number of anilines is 1. The van der Waals surface area contributed by atoms with Gasteiger partial charge < -0.3 is 19.9 Å². The molecule has 1 aliphatic rings. The molecule has 0 saturated carbocycles. The lowest BCUT2D eigenvalue weighted by Gasteiger charge is -2.17. The molecule has 0 radical (unpaired) electrons. The maximum absolute atomic E-state index is 5.72. The van der Waals surface area contributed by atoms with Gasteiger partial charge in [-0.25, -0.2) is 4.98 Å². The Morgan fingerprint density at radius 1 is 1.59 bits per heavy atom. The maximum Gasteiger partial charge on any atom is 0.224 e. The molecular weight excluding hydrogens is 246 g/mol. The molecule has 1 saturated heterocycles. The monoisotopic (exact) mass is 259 g/mol. The number of ether oxygens (including phenoxy) is 3. The summed E-state index contributed by atoms with van der Waals surface area (Å²) in [4.78, 5) is 7.63. The Hall–Kier alpha value is -1.11. The van der Waals surface area contributed by atoms with E-state index in [-0.39, 0.29) is 17.2 Å². The Labute approximate surface area is 104 Å². The Morgan fingerprint density at radius 2 is 2.35 bits per heavy atom. The van der Waals surface area contributed by atoms with Crippen molar-refractivity contribution in [3.63, 3.8) is 0 Å². The summed E-state index contributed by atoms with van der Waals surface area (Å²) < 4.78 is 16.4. The number of hydrogen-bond acceptors (Lipinski definition) is 6. The second kappa shape index (κ2) is 4.64. The fraction of sp³-hybridized carbons (Fsp3) is 0.600. The van der Waals surface area contributed by atoms with Gasteiger partial charge in [0.2, 0.25) is 11.8 Å². The van der Waals surface area contributed by atoms with Crippen LogP contribution in [0.5, 0.6) is 5.88 Å². The summed E-state index contributed by atoms with van der Waals surface area (Å²) in [6.07, 6.45) is -0.125. The summed E-state index contributed by atoms with van der Waals surface area (Å²) >= 11 is 5.72. The van der Waals surface area contributed by atoms with Crippen LogP contribution in [0.15, 0.2) is 6.07 Å². The van der Waals surface area contributed by atoms with Gasteiger partial charge in [0.05, 0.1) is 6.61 Å². The Bertz CT molecular complexity index is 394. The number of rotatable bonds is 3. The average molecular weight is 260 g/mol. The molecule has 2 heterocycles. The van der Waals surface area contributed by atoms with Crippen LogP contribution in [0.25, 0.3) is 0 Å². The molecule has 0 amide bonds. The van der Waals surface area contributed by atoms with E-state index in [1.807, 2.05) is 13.8 Å². The van der Waals surface area contributed by atoms with E-state index in [2.05, 4.69) is 9.97 Å². The lowest BCUT2D eigenvalue weighted by atomic mass is 10.4. The van der Waals surface area contributed by atoms with Crippen molar-refractivity contribution in [1.82, 2.24) is 9.97 Å². The van der Waals surface area contributed by atoms with Gasteiger partial charge in [0.15, 0.2) is 5.79 Å². The fourth-order valence-electron chi connectivity index (χ4n) is 1.51. The van der Waals surface area contributed by atoms with E-state index in [0.717, 1.165) is 0 Å². The molecule has 7 heteroatoms.